The number of anilines is 2. The second-order valence-corrected chi connectivity index (χ2v) is 4.00. The number of nitrogens with zero attached hydrogens (tertiary/aromatic N) is 4. The van der Waals surface area contributed by atoms with Crippen LogP contribution in [-0.2, 0) is 13.0 Å². The van der Waals surface area contributed by atoms with E-state index in [2.05, 4.69) is 37.6 Å². The number of hydrazine groups is 1. The summed E-state index contributed by atoms with van der Waals surface area (Å²) in [4.78, 5) is 16.7. The molecule has 0 unspecified atom stereocenters. The van der Waals surface area contributed by atoms with E-state index in [9.17, 15) is 0 Å². The van der Waals surface area contributed by atoms with Crippen molar-refractivity contribution in [3.8, 4) is 0 Å². The van der Waals surface area contributed by atoms with Crippen LogP contribution in [0.2, 0.25) is 0 Å². The van der Waals surface area contributed by atoms with Crippen LogP contribution in [0.3, 0.4) is 0 Å². The van der Waals surface area contributed by atoms with E-state index in [-0.39, 0.29) is 0 Å². The molecule has 7 heteroatoms. The minimum Gasteiger partial charge on any atom is -0.364 e. The summed E-state index contributed by atoms with van der Waals surface area (Å²) in [6, 6.07) is 3.61. The lowest BCUT2D eigenvalue weighted by Crippen LogP contribution is -2.12. The Morgan fingerprint density at radius 3 is 2.79 bits per heavy atom. The van der Waals surface area contributed by atoms with Crippen LogP contribution >= 0.6 is 0 Å². The molecule has 0 aliphatic rings. The largest absolute Gasteiger partial charge is 0.364 e. The summed E-state index contributed by atoms with van der Waals surface area (Å²) in [5, 5.41) is 3.20. The number of nitrogen functional groups attached to an aromatic ring is 1. The standard InChI is InChI=1S/C12H17N7/c1-2-3-10-17-11(6-12(18-10)19-13)15-7-9-4-5-14-8-16-9/h4-6,8H,2-3,7,13H2,1H3,(H2,15,17,18,19). The monoisotopic (exact) mass is 259 g/mol. The molecule has 2 rings (SSSR count). The highest BCUT2D eigenvalue weighted by Crippen LogP contribution is 2.12. The first-order valence-corrected chi connectivity index (χ1v) is 6.15. The number of aromatic nitrogens is 4. The normalized spacial score (nSPS) is 10.2. The quantitative estimate of drug-likeness (QED) is 0.527. The van der Waals surface area contributed by atoms with Crippen LogP contribution in [0.25, 0.3) is 0 Å². The van der Waals surface area contributed by atoms with Crippen LogP contribution in [0.15, 0.2) is 24.7 Å². The molecule has 0 saturated carbocycles. The first-order valence-electron chi connectivity index (χ1n) is 6.15. The van der Waals surface area contributed by atoms with Crippen molar-refractivity contribution < 1.29 is 0 Å². The first kappa shape index (κ1) is 13.2. The highest BCUT2D eigenvalue weighted by molar-refractivity contribution is 5.47. The van der Waals surface area contributed by atoms with E-state index in [1.54, 1.807) is 12.3 Å². The molecule has 0 fully saturated rings. The Hall–Kier alpha value is -2.28. The molecule has 0 spiro atoms. The van der Waals surface area contributed by atoms with Crippen LogP contribution in [-0.4, -0.2) is 19.9 Å². The van der Waals surface area contributed by atoms with Gasteiger partial charge in [0.05, 0.1) is 12.2 Å². The molecular weight excluding hydrogens is 242 g/mol. The minimum atomic E-state index is 0.578. The van der Waals surface area contributed by atoms with Gasteiger partial charge in [-0.3, -0.25) is 0 Å². The maximum atomic E-state index is 5.40. The molecule has 0 radical (unpaired) electrons. The fraction of sp³-hybridized carbons (Fsp3) is 0.333. The highest BCUT2D eigenvalue weighted by atomic mass is 15.3. The molecule has 0 bridgehead atoms. The maximum absolute atomic E-state index is 5.40. The van der Waals surface area contributed by atoms with Crippen molar-refractivity contribution in [2.45, 2.75) is 26.3 Å². The number of nitrogens with two attached hydrogens (primary N) is 1. The molecule has 2 aromatic heterocycles. The number of hydrogen-bond donors (Lipinski definition) is 3. The lowest BCUT2D eigenvalue weighted by Gasteiger charge is -2.09. The zero-order valence-corrected chi connectivity index (χ0v) is 10.8. The van der Waals surface area contributed by atoms with Crippen molar-refractivity contribution in [2.24, 2.45) is 5.84 Å². The number of aryl methyl sites for hydroxylation is 1. The van der Waals surface area contributed by atoms with Crippen molar-refractivity contribution in [3.05, 3.63) is 36.2 Å². The topological polar surface area (TPSA) is 102 Å². The van der Waals surface area contributed by atoms with Gasteiger partial charge in [-0.25, -0.2) is 25.8 Å². The number of nitrogens with one attached hydrogen (secondary N) is 2. The van der Waals surface area contributed by atoms with Gasteiger partial charge >= 0.3 is 0 Å². The Morgan fingerprint density at radius 2 is 2.11 bits per heavy atom. The second-order valence-electron chi connectivity index (χ2n) is 4.00. The predicted molar refractivity (Wildman–Crippen MR) is 73.2 cm³/mol. The van der Waals surface area contributed by atoms with E-state index < -0.39 is 0 Å². The average molecular weight is 259 g/mol. The minimum absolute atomic E-state index is 0.578. The molecule has 2 heterocycles. The Balaban J connectivity index is 2.08. The molecule has 19 heavy (non-hydrogen) atoms. The lowest BCUT2D eigenvalue weighted by atomic mass is 10.3. The van der Waals surface area contributed by atoms with Gasteiger partial charge in [-0.2, -0.15) is 0 Å². The van der Waals surface area contributed by atoms with Crippen LogP contribution in [0.4, 0.5) is 11.6 Å². The third-order valence-corrected chi connectivity index (χ3v) is 2.49. The smallest absolute Gasteiger partial charge is 0.145 e. The fourth-order valence-electron chi connectivity index (χ4n) is 1.60. The van der Waals surface area contributed by atoms with Crippen molar-refractivity contribution in [3.63, 3.8) is 0 Å². The van der Waals surface area contributed by atoms with E-state index in [1.807, 2.05) is 6.07 Å². The predicted octanol–water partition coefficient (Wildman–Crippen LogP) is 1.12. The summed E-state index contributed by atoms with van der Waals surface area (Å²) >= 11 is 0. The zero-order valence-electron chi connectivity index (χ0n) is 10.8. The van der Waals surface area contributed by atoms with Gasteiger partial charge < -0.3 is 10.7 Å². The van der Waals surface area contributed by atoms with Crippen molar-refractivity contribution >= 4 is 11.6 Å². The summed E-state index contributed by atoms with van der Waals surface area (Å²) < 4.78 is 0. The Bertz CT molecular complexity index is 515. The van der Waals surface area contributed by atoms with Gasteiger partial charge in [0.2, 0.25) is 0 Å². The third-order valence-electron chi connectivity index (χ3n) is 2.49. The summed E-state index contributed by atoms with van der Waals surface area (Å²) in [5.41, 5.74) is 3.44. The zero-order chi connectivity index (χ0) is 13.5. The Kier molecular flexibility index (Phi) is 4.57. The summed E-state index contributed by atoms with van der Waals surface area (Å²) in [5.74, 6) is 7.50. The molecule has 4 N–H and O–H groups in total. The van der Waals surface area contributed by atoms with Gasteiger partial charge in [0.1, 0.15) is 23.8 Å². The second kappa shape index (κ2) is 6.60. The SMILES string of the molecule is CCCc1nc(NN)cc(NCc2ccncn2)n1. The fourth-order valence-corrected chi connectivity index (χ4v) is 1.60. The molecule has 0 aliphatic carbocycles. The molecule has 100 valence electrons. The van der Waals surface area contributed by atoms with Crippen LogP contribution < -0.4 is 16.6 Å². The molecule has 0 saturated heterocycles. The van der Waals surface area contributed by atoms with E-state index in [1.165, 1.54) is 6.33 Å². The van der Waals surface area contributed by atoms with E-state index in [4.69, 9.17) is 5.84 Å². The summed E-state index contributed by atoms with van der Waals surface area (Å²) in [7, 11) is 0. The Labute approximate surface area is 111 Å². The first-order chi connectivity index (χ1) is 9.31. The van der Waals surface area contributed by atoms with Crippen LogP contribution in [0.5, 0.6) is 0 Å². The third kappa shape index (κ3) is 3.85. The molecule has 0 amide bonds. The molecular formula is C12H17N7. The van der Waals surface area contributed by atoms with Crippen molar-refractivity contribution in [2.75, 3.05) is 10.7 Å². The molecule has 0 aromatic carbocycles. The van der Waals surface area contributed by atoms with Gasteiger partial charge in [-0.15, -0.1) is 0 Å². The average Bonchev–Trinajstić information content (AvgIpc) is 2.46. The lowest BCUT2D eigenvalue weighted by molar-refractivity contribution is 0.833. The molecule has 0 aliphatic heterocycles. The van der Waals surface area contributed by atoms with Gasteiger partial charge in [0, 0.05) is 18.7 Å². The maximum Gasteiger partial charge on any atom is 0.145 e. The van der Waals surface area contributed by atoms with Gasteiger partial charge in [0.25, 0.3) is 0 Å². The van der Waals surface area contributed by atoms with Gasteiger partial charge in [0.15, 0.2) is 0 Å². The summed E-state index contributed by atoms with van der Waals surface area (Å²) in [6.07, 6.45) is 5.03. The highest BCUT2D eigenvalue weighted by Gasteiger charge is 2.03. The van der Waals surface area contributed by atoms with Crippen LogP contribution in [0.1, 0.15) is 24.9 Å². The van der Waals surface area contributed by atoms with E-state index in [0.717, 1.165) is 30.2 Å². The molecule has 2 aromatic rings. The molecule has 7 nitrogen and oxygen atoms in total. The summed E-state index contributed by atoms with van der Waals surface area (Å²) in [6.45, 7) is 2.66. The van der Waals surface area contributed by atoms with Crippen molar-refractivity contribution in [1.82, 2.24) is 19.9 Å². The van der Waals surface area contributed by atoms with Crippen LogP contribution in [0, 0.1) is 0 Å². The van der Waals surface area contributed by atoms with Gasteiger partial charge in [-0.05, 0) is 12.5 Å². The van der Waals surface area contributed by atoms with E-state index >= 15 is 0 Å². The molecule has 0 atom stereocenters. The van der Waals surface area contributed by atoms with Crippen molar-refractivity contribution in [1.29, 1.82) is 0 Å². The number of hydrogen-bond acceptors (Lipinski definition) is 7. The Morgan fingerprint density at radius 1 is 1.26 bits per heavy atom. The van der Waals surface area contributed by atoms with Gasteiger partial charge in [-0.1, -0.05) is 6.92 Å². The number of rotatable bonds is 6. The van der Waals surface area contributed by atoms with E-state index in [0.29, 0.717) is 12.4 Å².